The van der Waals surface area contributed by atoms with Crippen LogP contribution in [0.5, 0.6) is 0 Å². The number of likely N-dealkylation sites (N-methyl/N-ethyl adjacent to an activating group) is 1. The molecule has 0 saturated heterocycles. The second-order valence-corrected chi connectivity index (χ2v) is 7.26. The van der Waals surface area contributed by atoms with E-state index in [1.165, 1.54) is 16.7 Å². The van der Waals surface area contributed by atoms with Crippen LogP contribution in [0.2, 0.25) is 0 Å². The lowest BCUT2D eigenvalue weighted by Crippen LogP contribution is -2.29. The fourth-order valence-corrected chi connectivity index (χ4v) is 3.38. The zero-order chi connectivity index (χ0) is 18.0. The van der Waals surface area contributed by atoms with E-state index in [9.17, 15) is 4.79 Å². The number of nitrogens with zero attached hydrogens (tertiary/aromatic N) is 4. The standard InChI is InChI=1S/C20H28N4O/c1-15-10-17-12-24(20(25)19(17)11-16(15)2)8-5-7-22(3)9-6-18-13-23(4)14-21-18/h10-11,13-14H,5-9,12H2,1-4H3. The van der Waals surface area contributed by atoms with Crippen LogP contribution in [0.1, 0.15) is 39.2 Å². The van der Waals surface area contributed by atoms with Crippen molar-refractivity contribution < 1.29 is 4.79 Å². The Labute approximate surface area is 150 Å². The first-order chi connectivity index (χ1) is 11.9. The van der Waals surface area contributed by atoms with Crippen molar-refractivity contribution in [2.75, 3.05) is 26.7 Å². The highest BCUT2D eigenvalue weighted by Gasteiger charge is 2.27. The Morgan fingerprint density at radius 2 is 1.96 bits per heavy atom. The van der Waals surface area contributed by atoms with Gasteiger partial charge < -0.3 is 14.4 Å². The molecule has 0 N–H and O–H groups in total. The Bertz CT molecular complexity index is 765. The molecule has 0 unspecified atom stereocenters. The number of hydrogen-bond acceptors (Lipinski definition) is 3. The summed E-state index contributed by atoms with van der Waals surface area (Å²) in [6.07, 6.45) is 5.87. The molecule has 0 atom stereocenters. The fourth-order valence-electron chi connectivity index (χ4n) is 3.38. The zero-order valence-corrected chi connectivity index (χ0v) is 15.7. The zero-order valence-electron chi connectivity index (χ0n) is 15.7. The molecule has 0 bridgehead atoms. The van der Waals surface area contributed by atoms with Crippen LogP contribution < -0.4 is 0 Å². The summed E-state index contributed by atoms with van der Waals surface area (Å²) in [5, 5.41) is 0. The SMILES string of the molecule is Cc1cc2c(cc1C)C(=O)N(CCCN(C)CCc1cn(C)cn1)C2. The van der Waals surface area contributed by atoms with Crippen molar-refractivity contribution in [3.8, 4) is 0 Å². The van der Waals surface area contributed by atoms with E-state index >= 15 is 0 Å². The minimum absolute atomic E-state index is 0.189. The molecule has 1 amide bonds. The summed E-state index contributed by atoms with van der Waals surface area (Å²) in [5.74, 6) is 0.189. The van der Waals surface area contributed by atoms with E-state index in [4.69, 9.17) is 0 Å². The topological polar surface area (TPSA) is 41.4 Å². The molecule has 25 heavy (non-hydrogen) atoms. The summed E-state index contributed by atoms with van der Waals surface area (Å²) in [5.41, 5.74) is 5.67. The summed E-state index contributed by atoms with van der Waals surface area (Å²) >= 11 is 0. The maximum atomic E-state index is 12.6. The van der Waals surface area contributed by atoms with E-state index in [0.29, 0.717) is 0 Å². The van der Waals surface area contributed by atoms with Crippen molar-refractivity contribution in [1.82, 2.24) is 19.4 Å². The van der Waals surface area contributed by atoms with E-state index in [2.05, 4.69) is 43.0 Å². The van der Waals surface area contributed by atoms with E-state index in [1.54, 1.807) is 0 Å². The highest BCUT2D eigenvalue weighted by atomic mass is 16.2. The van der Waals surface area contributed by atoms with Crippen molar-refractivity contribution in [3.05, 3.63) is 52.6 Å². The monoisotopic (exact) mass is 340 g/mol. The van der Waals surface area contributed by atoms with Crippen LogP contribution in [0.4, 0.5) is 0 Å². The summed E-state index contributed by atoms with van der Waals surface area (Å²) in [7, 11) is 4.13. The van der Waals surface area contributed by atoms with E-state index in [-0.39, 0.29) is 5.91 Å². The van der Waals surface area contributed by atoms with Gasteiger partial charge >= 0.3 is 0 Å². The van der Waals surface area contributed by atoms with Crippen molar-refractivity contribution in [2.45, 2.75) is 33.2 Å². The number of aromatic nitrogens is 2. The Kier molecular flexibility index (Phi) is 5.23. The molecule has 3 rings (SSSR count). The quantitative estimate of drug-likeness (QED) is 0.778. The lowest BCUT2D eigenvalue weighted by molar-refractivity contribution is 0.0772. The van der Waals surface area contributed by atoms with Crippen molar-refractivity contribution in [1.29, 1.82) is 0 Å². The minimum Gasteiger partial charge on any atom is -0.340 e. The van der Waals surface area contributed by atoms with Gasteiger partial charge in [-0.3, -0.25) is 4.79 Å². The first kappa shape index (κ1) is 17.7. The normalized spacial score (nSPS) is 13.8. The number of amides is 1. The average Bonchev–Trinajstić information content (AvgIpc) is 3.11. The molecular formula is C20H28N4O. The number of rotatable bonds is 7. The molecule has 5 heteroatoms. The van der Waals surface area contributed by atoms with E-state index < -0.39 is 0 Å². The molecule has 2 aromatic rings. The number of fused-ring (bicyclic) bond motifs is 1. The van der Waals surface area contributed by atoms with Gasteiger partial charge in [0.05, 0.1) is 12.0 Å². The third-order valence-corrected chi connectivity index (χ3v) is 5.07. The van der Waals surface area contributed by atoms with Crippen molar-refractivity contribution in [2.24, 2.45) is 7.05 Å². The first-order valence-corrected chi connectivity index (χ1v) is 8.99. The molecule has 0 fully saturated rings. The molecule has 1 aromatic heterocycles. The van der Waals surface area contributed by atoms with Gasteiger partial charge in [0, 0.05) is 44.9 Å². The van der Waals surface area contributed by atoms with Gasteiger partial charge in [-0.05, 0) is 56.6 Å². The van der Waals surface area contributed by atoms with Crippen molar-refractivity contribution in [3.63, 3.8) is 0 Å². The van der Waals surface area contributed by atoms with E-state index in [0.717, 1.165) is 50.3 Å². The smallest absolute Gasteiger partial charge is 0.254 e. The Morgan fingerprint density at radius 3 is 2.68 bits per heavy atom. The predicted molar refractivity (Wildman–Crippen MR) is 99.7 cm³/mol. The second-order valence-electron chi connectivity index (χ2n) is 7.26. The highest BCUT2D eigenvalue weighted by molar-refractivity contribution is 5.98. The molecule has 134 valence electrons. The number of carbonyl (C=O) groups excluding carboxylic acids is 1. The van der Waals surface area contributed by atoms with Crippen LogP contribution in [0.3, 0.4) is 0 Å². The molecule has 0 saturated carbocycles. The van der Waals surface area contributed by atoms with Crippen LogP contribution in [-0.2, 0) is 20.0 Å². The fraction of sp³-hybridized carbons (Fsp3) is 0.500. The third kappa shape index (κ3) is 4.10. The Balaban J connectivity index is 1.44. The first-order valence-electron chi connectivity index (χ1n) is 8.99. The third-order valence-electron chi connectivity index (χ3n) is 5.07. The molecule has 0 aliphatic carbocycles. The summed E-state index contributed by atoms with van der Waals surface area (Å²) < 4.78 is 1.98. The minimum atomic E-state index is 0.189. The van der Waals surface area contributed by atoms with Gasteiger partial charge in [0.2, 0.25) is 0 Å². The van der Waals surface area contributed by atoms with Gasteiger partial charge in [-0.2, -0.15) is 0 Å². The van der Waals surface area contributed by atoms with Crippen LogP contribution in [0.15, 0.2) is 24.7 Å². The molecule has 1 aliphatic heterocycles. The molecule has 1 aliphatic rings. The summed E-state index contributed by atoms with van der Waals surface area (Å²) in [4.78, 5) is 21.2. The van der Waals surface area contributed by atoms with Crippen LogP contribution >= 0.6 is 0 Å². The number of carbonyl (C=O) groups is 1. The molecule has 0 radical (unpaired) electrons. The van der Waals surface area contributed by atoms with Crippen LogP contribution in [0.25, 0.3) is 0 Å². The van der Waals surface area contributed by atoms with Gasteiger partial charge in [0.25, 0.3) is 5.91 Å². The van der Waals surface area contributed by atoms with Gasteiger partial charge in [-0.15, -0.1) is 0 Å². The van der Waals surface area contributed by atoms with Gasteiger partial charge in [0.1, 0.15) is 0 Å². The highest BCUT2D eigenvalue weighted by Crippen LogP contribution is 2.25. The second kappa shape index (κ2) is 7.40. The number of benzene rings is 1. The average molecular weight is 340 g/mol. The number of imidazole rings is 1. The molecule has 2 heterocycles. The van der Waals surface area contributed by atoms with Crippen LogP contribution in [0, 0.1) is 13.8 Å². The summed E-state index contributed by atoms with van der Waals surface area (Å²) in [6.45, 7) is 7.74. The van der Waals surface area contributed by atoms with Crippen molar-refractivity contribution >= 4 is 5.91 Å². The van der Waals surface area contributed by atoms with Gasteiger partial charge in [-0.25, -0.2) is 4.98 Å². The predicted octanol–water partition coefficient (Wildman–Crippen LogP) is 2.56. The molecular weight excluding hydrogens is 312 g/mol. The molecule has 1 aromatic carbocycles. The number of hydrogen-bond donors (Lipinski definition) is 0. The maximum Gasteiger partial charge on any atom is 0.254 e. The molecule has 5 nitrogen and oxygen atoms in total. The van der Waals surface area contributed by atoms with Gasteiger partial charge in [-0.1, -0.05) is 6.07 Å². The Hall–Kier alpha value is -2.14. The largest absolute Gasteiger partial charge is 0.340 e. The molecule has 0 spiro atoms. The van der Waals surface area contributed by atoms with Gasteiger partial charge in [0.15, 0.2) is 0 Å². The number of aryl methyl sites for hydroxylation is 3. The lowest BCUT2D eigenvalue weighted by atomic mass is 10.0. The maximum absolute atomic E-state index is 12.6. The lowest BCUT2D eigenvalue weighted by Gasteiger charge is -2.19. The Morgan fingerprint density at radius 1 is 1.20 bits per heavy atom. The van der Waals surface area contributed by atoms with E-state index in [1.807, 2.05) is 28.9 Å². The summed E-state index contributed by atoms with van der Waals surface area (Å²) in [6, 6.07) is 4.22. The van der Waals surface area contributed by atoms with Crippen LogP contribution in [-0.4, -0.2) is 51.9 Å².